The van der Waals surface area contributed by atoms with Crippen molar-refractivity contribution in [3.05, 3.63) is 29.1 Å². The summed E-state index contributed by atoms with van der Waals surface area (Å²) in [5.74, 6) is -0.299. The van der Waals surface area contributed by atoms with Crippen LogP contribution in [0.25, 0.3) is 0 Å². The molecule has 5 nitrogen and oxygen atoms in total. The molecular formula is C14H20N2O3. The number of nitrogens with one attached hydrogen (secondary N) is 1. The summed E-state index contributed by atoms with van der Waals surface area (Å²) < 4.78 is 4.68. The van der Waals surface area contributed by atoms with Gasteiger partial charge in [0.2, 0.25) is 5.91 Å². The Morgan fingerprint density at radius 3 is 2.37 bits per heavy atom. The molecule has 1 N–H and O–H groups in total. The largest absolute Gasteiger partial charge is 0.465 e. The fourth-order valence-electron chi connectivity index (χ4n) is 1.88. The van der Waals surface area contributed by atoms with Crippen molar-refractivity contribution >= 4 is 11.9 Å². The number of aryl methyl sites for hydroxylation is 1. The summed E-state index contributed by atoms with van der Waals surface area (Å²) in [7, 11) is 1.34. The summed E-state index contributed by atoms with van der Waals surface area (Å²) in [5.41, 5.74) is 1.78. The van der Waals surface area contributed by atoms with Crippen molar-refractivity contribution in [1.29, 1.82) is 0 Å². The van der Waals surface area contributed by atoms with Crippen LogP contribution in [0.2, 0.25) is 0 Å². The van der Waals surface area contributed by atoms with E-state index in [4.69, 9.17) is 0 Å². The molecule has 1 heterocycles. The highest BCUT2D eigenvalue weighted by Crippen LogP contribution is 2.21. The first-order valence-electron chi connectivity index (χ1n) is 6.19. The molecule has 0 aliphatic rings. The summed E-state index contributed by atoms with van der Waals surface area (Å²) in [5, 5.41) is 2.87. The molecule has 0 saturated heterocycles. The van der Waals surface area contributed by atoms with Gasteiger partial charge in [-0.2, -0.15) is 0 Å². The number of carbonyl (C=O) groups is 2. The van der Waals surface area contributed by atoms with Gasteiger partial charge < -0.3 is 10.1 Å². The molecule has 0 saturated carbocycles. The molecule has 19 heavy (non-hydrogen) atoms. The van der Waals surface area contributed by atoms with Gasteiger partial charge in [0.05, 0.1) is 30.1 Å². The molecule has 0 aliphatic carbocycles. The van der Waals surface area contributed by atoms with Gasteiger partial charge in [-0.25, -0.2) is 4.79 Å². The van der Waals surface area contributed by atoms with Gasteiger partial charge in [0.1, 0.15) is 0 Å². The first kappa shape index (κ1) is 15.1. The third kappa shape index (κ3) is 3.77. The first-order valence-corrected chi connectivity index (χ1v) is 6.19. The number of esters is 1. The molecule has 0 fully saturated rings. The maximum atomic E-state index is 11.5. The molecule has 1 amide bonds. The number of hydrogen-bond acceptors (Lipinski definition) is 4. The molecule has 0 spiro atoms. The number of amides is 1. The molecule has 1 rings (SSSR count). The minimum absolute atomic E-state index is 0.102. The Balaban J connectivity index is 3.10. The monoisotopic (exact) mass is 264 g/mol. The average molecular weight is 264 g/mol. The smallest absolute Gasteiger partial charge is 0.339 e. The van der Waals surface area contributed by atoms with E-state index >= 15 is 0 Å². The van der Waals surface area contributed by atoms with Crippen molar-refractivity contribution < 1.29 is 14.3 Å². The van der Waals surface area contributed by atoms with Crippen molar-refractivity contribution in [2.75, 3.05) is 7.11 Å². The van der Waals surface area contributed by atoms with E-state index in [1.165, 1.54) is 14.0 Å². The molecule has 104 valence electrons. The van der Waals surface area contributed by atoms with Crippen LogP contribution in [0.15, 0.2) is 12.1 Å². The number of methoxy groups -OCH3 is 1. The van der Waals surface area contributed by atoms with Gasteiger partial charge in [0, 0.05) is 6.92 Å². The average Bonchev–Trinajstić information content (AvgIpc) is 2.34. The molecule has 5 heteroatoms. The molecule has 0 aromatic carbocycles. The van der Waals surface area contributed by atoms with Crippen molar-refractivity contribution in [3.8, 4) is 0 Å². The van der Waals surface area contributed by atoms with E-state index in [9.17, 15) is 9.59 Å². The highest BCUT2D eigenvalue weighted by Gasteiger charge is 2.20. The van der Waals surface area contributed by atoms with Crippen LogP contribution in [0.1, 0.15) is 48.6 Å². The Morgan fingerprint density at radius 2 is 1.95 bits per heavy atom. The number of nitrogens with zero attached hydrogens (tertiary/aromatic N) is 1. The maximum Gasteiger partial charge on any atom is 0.339 e. The number of hydrogen-bond donors (Lipinski definition) is 1. The topological polar surface area (TPSA) is 68.3 Å². The van der Waals surface area contributed by atoms with E-state index in [-0.39, 0.29) is 17.9 Å². The summed E-state index contributed by atoms with van der Waals surface area (Å²) in [6, 6.07) is 3.27. The van der Waals surface area contributed by atoms with Crippen LogP contribution < -0.4 is 5.32 Å². The van der Waals surface area contributed by atoms with Gasteiger partial charge in [-0.15, -0.1) is 0 Å². The van der Waals surface area contributed by atoms with Crippen LogP contribution in [0, 0.1) is 12.8 Å². The van der Waals surface area contributed by atoms with E-state index in [0.29, 0.717) is 11.3 Å². The van der Waals surface area contributed by atoms with Gasteiger partial charge >= 0.3 is 5.97 Å². The normalized spacial score (nSPS) is 12.1. The predicted molar refractivity (Wildman–Crippen MR) is 71.7 cm³/mol. The van der Waals surface area contributed by atoms with Gasteiger partial charge in [0.15, 0.2) is 0 Å². The maximum absolute atomic E-state index is 11.5. The number of aromatic nitrogens is 1. The molecular weight excluding hydrogens is 244 g/mol. The van der Waals surface area contributed by atoms with Crippen molar-refractivity contribution in [3.63, 3.8) is 0 Å². The Bertz CT molecular complexity index is 484. The van der Waals surface area contributed by atoms with Crippen molar-refractivity contribution in [1.82, 2.24) is 10.3 Å². The first-order chi connectivity index (χ1) is 8.86. The lowest BCUT2D eigenvalue weighted by Gasteiger charge is -2.21. The number of carbonyl (C=O) groups excluding carboxylic acids is 2. The van der Waals surface area contributed by atoms with E-state index in [1.54, 1.807) is 19.1 Å². The molecule has 1 aromatic rings. The van der Waals surface area contributed by atoms with Crippen LogP contribution in [0.5, 0.6) is 0 Å². The Labute approximate surface area is 113 Å². The second-order valence-electron chi connectivity index (χ2n) is 4.78. The number of pyridine rings is 1. The van der Waals surface area contributed by atoms with E-state index in [1.807, 2.05) is 13.8 Å². The molecule has 1 atom stereocenters. The van der Waals surface area contributed by atoms with E-state index in [0.717, 1.165) is 5.69 Å². The lowest BCUT2D eigenvalue weighted by molar-refractivity contribution is -0.120. The summed E-state index contributed by atoms with van der Waals surface area (Å²) in [6.45, 7) is 7.24. The van der Waals surface area contributed by atoms with Gasteiger partial charge in [0.25, 0.3) is 0 Å². The second kappa shape index (κ2) is 6.31. The van der Waals surface area contributed by atoms with Crippen LogP contribution in [-0.2, 0) is 9.53 Å². The van der Waals surface area contributed by atoms with Crippen LogP contribution in [-0.4, -0.2) is 24.0 Å². The fourth-order valence-corrected chi connectivity index (χ4v) is 1.88. The van der Waals surface area contributed by atoms with E-state index in [2.05, 4.69) is 15.0 Å². The molecule has 0 radical (unpaired) electrons. The zero-order chi connectivity index (χ0) is 14.6. The zero-order valence-electron chi connectivity index (χ0n) is 12.0. The van der Waals surface area contributed by atoms with Gasteiger partial charge in [-0.05, 0) is 25.0 Å². The lowest BCUT2D eigenvalue weighted by Crippen LogP contribution is -2.30. The van der Waals surface area contributed by atoms with Crippen molar-refractivity contribution in [2.45, 2.75) is 33.7 Å². The van der Waals surface area contributed by atoms with Gasteiger partial charge in [-0.1, -0.05) is 13.8 Å². The zero-order valence-corrected chi connectivity index (χ0v) is 12.0. The lowest BCUT2D eigenvalue weighted by atomic mass is 9.99. The minimum atomic E-state index is -0.405. The number of rotatable bonds is 4. The predicted octanol–water partition coefficient (Wildman–Crippen LogP) is 2.01. The molecule has 1 aromatic heterocycles. The number of ether oxygens (including phenoxy) is 1. The Kier molecular flexibility index (Phi) is 5.03. The second-order valence-corrected chi connectivity index (χ2v) is 4.78. The summed E-state index contributed by atoms with van der Waals surface area (Å²) in [6.07, 6.45) is 0. The standard InChI is InChI=1S/C14H20N2O3/c1-8(2)13(16-10(4)17)12-7-6-11(9(3)15-12)14(18)19-5/h6-8,13H,1-5H3,(H,16,17)/t13-/m0/s1. The third-order valence-electron chi connectivity index (χ3n) is 2.86. The van der Waals surface area contributed by atoms with Crippen molar-refractivity contribution in [2.24, 2.45) is 5.92 Å². The quantitative estimate of drug-likeness (QED) is 0.845. The van der Waals surface area contributed by atoms with Crippen LogP contribution >= 0.6 is 0 Å². The Morgan fingerprint density at radius 1 is 1.32 bits per heavy atom. The van der Waals surface area contributed by atoms with Crippen LogP contribution in [0.3, 0.4) is 0 Å². The Hall–Kier alpha value is -1.91. The third-order valence-corrected chi connectivity index (χ3v) is 2.86. The molecule has 0 bridgehead atoms. The highest BCUT2D eigenvalue weighted by atomic mass is 16.5. The SMILES string of the molecule is COC(=O)c1ccc([C@@H](NC(C)=O)C(C)C)nc1C. The van der Waals surface area contributed by atoms with Crippen LogP contribution in [0.4, 0.5) is 0 Å². The van der Waals surface area contributed by atoms with Gasteiger partial charge in [-0.3, -0.25) is 9.78 Å². The summed E-state index contributed by atoms with van der Waals surface area (Å²) >= 11 is 0. The highest BCUT2D eigenvalue weighted by molar-refractivity contribution is 5.90. The molecule has 0 unspecified atom stereocenters. The van der Waals surface area contributed by atoms with E-state index < -0.39 is 5.97 Å². The fraction of sp³-hybridized carbons (Fsp3) is 0.500. The molecule has 0 aliphatic heterocycles. The minimum Gasteiger partial charge on any atom is -0.465 e. The summed E-state index contributed by atoms with van der Waals surface area (Å²) in [4.78, 5) is 27.1.